The van der Waals surface area contributed by atoms with E-state index in [2.05, 4.69) is 21.2 Å². The van der Waals surface area contributed by atoms with E-state index in [1.165, 1.54) is 6.26 Å². The highest BCUT2D eigenvalue weighted by atomic mass is 79.9. The lowest BCUT2D eigenvalue weighted by Crippen LogP contribution is -2.39. The highest BCUT2D eigenvalue weighted by Crippen LogP contribution is 2.38. The number of para-hydroxylation sites is 1. The molecule has 4 nitrogen and oxygen atoms in total. The average molecular weight is 374 g/mol. The molecule has 23 heavy (non-hydrogen) atoms. The Balaban J connectivity index is 1.68. The zero-order valence-corrected chi connectivity index (χ0v) is 14.0. The number of fused-ring (bicyclic) bond motifs is 2. The van der Waals surface area contributed by atoms with Crippen LogP contribution in [-0.2, 0) is 14.3 Å². The molecule has 1 fully saturated rings. The Kier molecular flexibility index (Phi) is 3.60. The summed E-state index contributed by atoms with van der Waals surface area (Å²) in [6, 6.07) is 7.49. The minimum atomic E-state index is -0.177. The van der Waals surface area contributed by atoms with Crippen LogP contribution < -0.4 is 5.32 Å². The summed E-state index contributed by atoms with van der Waals surface area (Å²) in [5.74, 6) is -0.219. The van der Waals surface area contributed by atoms with E-state index in [4.69, 9.17) is 4.74 Å². The van der Waals surface area contributed by atoms with Gasteiger partial charge in [0.2, 0.25) is 0 Å². The zero-order chi connectivity index (χ0) is 16.0. The number of alkyl halides is 1. The average Bonchev–Trinajstić information content (AvgIpc) is 2.86. The van der Waals surface area contributed by atoms with Gasteiger partial charge in [-0.15, -0.1) is 0 Å². The highest BCUT2D eigenvalue weighted by Gasteiger charge is 2.39. The van der Waals surface area contributed by atoms with Crippen LogP contribution >= 0.6 is 15.9 Å². The van der Waals surface area contributed by atoms with E-state index in [1.807, 2.05) is 24.3 Å². The van der Waals surface area contributed by atoms with Gasteiger partial charge in [0.05, 0.1) is 17.8 Å². The number of ketones is 1. The van der Waals surface area contributed by atoms with Gasteiger partial charge in [0.15, 0.2) is 5.78 Å². The number of nitrogens with one attached hydrogen (secondary N) is 1. The van der Waals surface area contributed by atoms with Crippen molar-refractivity contribution in [2.75, 3.05) is 5.32 Å². The lowest BCUT2D eigenvalue weighted by Gasteiger charge is -2.35. The first-order chi connectivity index (χ1) is 11.1. The SMILES string of the molecule is O=C1Nc2ccccc2/C1=C/C1=COC2CCC(Br)CC2C1=O. The van der Waals surface area contributed by atoms with Gasteiger partial charge in [-0.25, -0.2) is 0 Å². The first kappa shape index (κ1) is 14.7. The third kappa shape index (κ3) is 2.53. The molecule has 1 saturated carbocycles. The Morgan fingerprint density at radius 3 is 2.91 bits per heavy atom. The normalized spacial score (nSPS) is 31.1. The smallest absolute Gasteiger partial charge is 0.256 e. The van der Waals surface area contributed by atoms with Crippen LogP contribution in [0.3, 0.4) is 0 Å². The number of allylic oxidation sites excluding steroid dienone is 2. The molecular weight excluding hydrogens is 358 g/mol. The van der Waals surface area contributed by atoms with Crippen LogP contribution in [0.15, 0.2) is 42.2 Å². The number of anilines is 1. The monoisotopic (exact) mass is 373 g/mol. The van der Waals surface area contributed by atoms with Crippen LogP contribution in [0.1, 0.15) is 24.8 Å². The molecule has 0 spiro atoms. The molecule has 1 N–H and O–H groups in total. The maximum atomic E-state index is 12.8. The number of rotatable bonds is 1. The van der Waals surface area contributed by atoms with Crippen molar-refractivity contribution in [1.82, 2.24) is 0 Å². The second-order valence-electron chi connectivity index (χ2n) is 6.19. The van der Waals surface area contributed by atoms with Gasteiger partial charge in [0.1, 0.15) is 6.10 Å². The lowest BCUT2D eigenvalue weighted by atomic mass is 9.80. The van der Waals surface area contributed by atoms with Gasteiger partial charge in [-0.2, -0.15) is 0 Å². The van der Waals surface area contributed by atoms with E-state index in [0.29, 0.717) is 16.0 Å². The quantitative estimate of drug-likeness (QED) is 0.605. The van der Waals surface area contributed by atoms with Crippen molar-refractivity contribution in [3.05, 3.63) is 47.7 Å². The number of benzene rings is 1. The maximum absolute atomic E-state index is 12.8. The highest BCUT2D eigenvalue weighted by molar-refractivity contribution is 9.09. The van der Waals surface area contributed by atoms with Crippen molar-refractivity contribution in [2.24, 2.45) is 5.92 Å². The molecule has 3 unspecified atom stereocenters. The van der Waals surface area contributed by atoms with Crippen molar-refractivity contribution in [2.45, 2.75) is 30.2 Å². The van der Waals surface area contributed by atoms with Crippen LogP contribution in [0.5, 0.6) is 0 Å². The number of halogens is 1. The molecule has 1 aromatic carbocycles. The number of carbonyl (C=O) groups is 2. The first-order valence-corrected chi connectivity index (χ1v) is 8.71. The van der Waals surface area contributed by atoms with Gasteiger partial charge in [0, 0.05) is 21.7 Å². The summed E-state index contributed by atoms with van der Waals surface area (Å²) in [6.07, 6.45) is 5.86. The summed E-state index contributed by atoms with van der Waals surface area (Å²) in [6.45, 7) is 0. The molecule has 2 heterocycles. The van der Waals surface area contributed by atoms with Crippen LogP contribution in [0, 0.1) is 5.92 Å². The standard InChI is InChI=1S/C18H16BrNO3/c19-11-5-6-16-14(8-11)17(21)10(9-23-16)7-13-12-3-1-2-4-15(12)20-18(13)22/h1-4,7,9,11,14,16H,5-6,8H2,(H,20,22)/b13-7-. The minimum absolute atomic E-state index is 0.0249. The fourth-order valence-electron chi connectivity index (χ4n) is 3.51. The molecule has 1 aromatic rings. The Morgan fingerprint density at radius 2 is 2.04 bits per heavy atom. The molecule has 3 atom stereocenters. The van der Waals surface area contributed by atoms with Crippen molar-refractivity contribution in [3.8, 4) is 0 Å². The molecule has 118 valence electrons. The lowest BCUT2D eigenvalue weighted by molar-refractivity contribution is -0.126. The third-order valence-electron chi connectivity index (χ3n) is 4.72. The summed E-state index contributed by atoms with van der Waals surface area (Å²) in [5.41, 5.74) is 2.61. The molecule has 1 aliphatic carbocycles. The second kappa shape index (κ2) is 5.64. The van der Waals surface area contributed by atoms with Gasteiger partial charge in [-0.1, -0.05) is 34.1 Å². The van der Waals surface area contributed by atoms with Crippen molar-refractivity contribution < 1.29 is 14.3 Å². The molecule has 2 aliphatic heterocycles. The van der Waals surface area contributed by atoms with E-state index in [1.54, 1.807) is 6.08 Å². The molecule has 3 aliphatic rings. The van der Waals surface area contributed by atoms with Gasteiger partial charge < -0.3 is 10.1 Å². The van der Waals surface area contributed by atoms with Crippen LogP contribution in [0.2, 0.25) is 0 Å². The molecular formula is C18H16BrNO3. The van der Waals surface area contributed by atoms with Crippen molar-refractivity contribution >= 4 is 38.9 Å². The molecule has 0 saturated heterocycles. The largest absolute Gasteiger partial charge is 0.497 e. The van der Waals surface area contributed by atoms with E-state index < -0.39 is 0 Å². The molecule has 0 bridgehead atoms. The Labute approximate surface area is 142 Å². The topological polar surface area (TPSA) is 55.4 Å². The number of carbonyl (C=O) groups excluding carboxylic acids is 2. The number of ether oxygens (including phenoxy) is 1. The van der Waals surface area contributed by atoms with Gasteiger partial charge in [-0.3, -0.25) is 9.59 Å². The molecule has 0 aromatic heterocycles. The Bertz CT molecular complexity index is 752. The maximum Gasteiger partial charge on any atom is 0.256 e. The number of amides is 1. The third-order valence-corrected chi connectivity index (χ3v) is 5.56. The molecule has 4 rings (SSSR count). The number of Topliss-reactive ketones (excluding diaryl/α,β-unsaturated/α-hetero) is 1. The van der Waals surface area contributed by atoms with Gasteiger partial charge in [0.25, 0.3) is 5.91 Å². The minimum Gasteiger partial charge on any atom is -0.497 e. The summed E-state index contributed by atoms with van der Waals surface area (Å²) < 4.78 is 5.77. The molecule has 0 radical (unpaired) electrons. The van der Waals surface area contributed by atoms with E-state index >= 15 is 0 Å². The fraction of sp³-hybridized carbons (Fsp3) is 0.333. The summed E-state index contributed by atoms with van der Waals surface area (Å²) in [7, 11) is 0. The van der Waals surface area contributed by atoms with Crippen LogP contribution in [0.4, 0.5) is 5.69 Å². The van der Waals surface area contributed by atoms with E-state index in [9.17, 15) is 9.59 Å². The second-order valence-corrected chi connectivity index (χ2v) is 7.48. The summed E-state index contributed by atoms with van der Waals surface area (Å²) in [5, 5.41) is 2.82. The van der Waals surface area contributed by atoms with E-state index in [-0.39, 0.29) is 23.7 Å². The Morgan fingerprint density at radius 1 is 1.22 bits per heavy atom. The number of hydrogen-bond donors (Lipinski definition) is 1. The van der Waals surface area contributed by atoms with E-state index in [0.717, 1.165) is 30.5 Å². The molecule has 1 amide bonds. The summed E-state index contributed by atoms with van der Waals surface area (Å²) in [4.78, 5) is 25.3. The zero-order valence-electron chi connectivity index (χ0n) is 12.4. The molecule has 5 heteroatoms. The Hall–Kier alpha value is -1.88. The van der Waals surface area contributed by atoms with Crippen molar-refractivity contribution in [3.63, 3.8) is 0 Å². The fourth-order valence-corrected chi connectivity index (χ4v) is 4.17. The van der Waals surface area contributed by atoms with Gasteiger partial charge >= 0.3 is 0 Å². The van der Waals surface area contributed by atoms with Crippen LogP contribution in [0.25, 0.3) is 5.57 Å². The predicted molar refractivity (Wildman–Crippen MR) is 91.1 cm³/mol. The number of hydrogen-bond acceptors (Lipinski definition) is 3. The summed E-state index contributed by atoms with van der Waals surface area (Å²) >= 11 is 3.61. The first-order valence-electron chi connectivity index (χ1n) is 7.80. The van der Waals surface area contributed by atoms with Crippen LogP contribution in [-0.4, -0.2) is 22.6 Å². The van der Waals surface area contributed by atoms with Crippen molar-refractivity contribution in [1.29, 1.82) is 0 Å². The predicted octanol–water partition coefficient (Wildman–Crippen LogP) is 3.44. The van der Waals surface area contributed by atoms with Gasteiger partial charge in [-0.05, 0) is 31.4 Å².